The van der Waals surface area contributed by atoms with E-state index >= 15 is 0 Å². The van der Waals surface area contributed by atoms with Crippen molar-refractivity contribution < 1.29 is 49.1 Å². The average Bonchev–Trinajstić information content (AvgIpc) is 3.16. The summed E-state index contributed by atoms with van der Waals surface area (Å²) in [6.07, 6.45) is 4.68. The summed E-state index contributed by atoms with van der Waals surface area (Å²) in [4.78, 5) is -2.08. The minimum absolute atomic E-state index is 0. The van der Waals surface area contributed by atoms with Crippen LogP contribution in [0.4, 0.5) is 22.7 Å². The van der Waals surface area contributed by atoms with Crippen molar-refractivity contribution in [2.75, 3.05) is 0 Å². The van der Waals surface area contributed by atoms with Gasteiger partial charge in [-0.25, -0.2) is 0 Å². The van der Waals surface area contributed by atoms with Crippen LogP contribution in [0.2, 0.25) is 0 Å². The van der Waals surface area contributed by atoms with Gasteiger partial charge in [0.1, 0.15) is 26.9 Å². The van der Waals surface area contributed by atoms with E-state index in [9.17, 15) is 49.1 Å². The Morgan fingerprint density at radius 2 is 1.09 bits per heavy atom. The van der Waals surface area contributed by atoms with Gasteiger partial charge in [-0.15, -0.1) is 10.2 Å². The van der Waals surface area contributed by atoms with Crippen LogP contribution >= 0.6 is 0 Å². The van der Waals surface area contributed by atoms with Crippen molar-refractivity contribution in [3.8, 4) is 11.5 Å². The number of aromatic hydroxyl groups is 2. The zero-order valence-corrected chi connectivity index (χ0v) is 34.5. The van der Waals surface area contributed by atoms with E-state index in [1.807, 2.05) is 24.3 Å². The van der Waals surface area contributed by atoms with Crippen LogP contribution in [0.15, 0.2) is 138 Å². The largest absolute Gasteiger partial charge is 0.506 e. The molecule has 57 heavy (non-hydrogen) atoms. The van der Waals surface area contributed by atoms with Crippen molar-refractivity contribution in [1.82, 2.24) is 0 Å². The van der Waals surface area contributed by atoms with Crippen molar-refractivity contribution in [3.63, 3.8) is 0 Å². The third kappa shape index (κ3) is 8.50. The van der Waals surface area contributed by atoms with Gasteiger partial charge in [0.25, 0.3) is 30.4 Å². The second-order valence-corrected chi connectivity index (χ2v) is 17.5. The van der Waals surface area contributed by atoms with E-state index in [0.717, 1.165) is 61.4 Å². The molecule has 19 heteroatoms. The molecule has 0 amide bonds. The molecule has 1 radical (unpaired) electrons. The summed E-state index contributed by atoms with van der Waals surface area (Å²) in [6, 6.07) is 25.7. The van der Waals surface area contributed by atoms with E-state index in [0.29, 0.717) is 17.4 Å². The van der Waals surface area contributed by atoms with E-state index in [1.165, 1.54) is 18.2 Å². The average molecular weight is 840 g/mol. The van der Waals surface area contributed by atoms with E-state index in [1.54, 1.807) is 36.4 Å². The predicted molar refractivity (Wildman–Crippen MR) is 212 cm³/mol. The van der Waals surface area contributed by atoms with Gasteiger partial charge in [0.15, 0.2) is 5.75 Å². The monoisotopic (exact) mass is 839 g/mol. The first-order chi connectivity index (χ1) is 26.5. The van der Waals surface area contributed by atoms with Crippen LogP contribution in [0.1, 0.15) is 43.2 Å². The van der Waals surface area contributed by atoms with Gasteiger partial charge >= 0.3 is 0 Å². The van der Waals surface area contributed by atoms with Gasteiger partial charge in [0, 0.05) is 51.1 Å². The predicted octanol–water partition coefficient (Wildman–Crippen LogP) is 8.84. The standard InChI is InChI=1S/C38H32N4O11S3.Na/c43-32-17-8-23-20-28(54(45,46)47)21-34(56(51,52)53)35(23)36(32)42-40-27-15-11-25(12-16-27)38(18-4-1-5-19-38)24-9-13-26(14-10-24)39-41-31-22-33(55(48,49)50)29-6-2-3-7-30(29)37(31)44;/h2-3,6-17,20-22,43-44H,1,4-5,18-19H2,(H,45,46,47)(H,48,49,50)(H,51,52,53);. The summed E-state index contributed by atoms with van der Waals surface area (Å²) < 4.78 is 102. The second kappa shape index (κ2) is 16.0. The Morgan fingerprint density at radius 3 is 1.63 bits per heavy atom. The minimum atomic E-state index is -5.06. The molecule has 1 saturated carbocycles. The number of hydrogen-bond donors (Lipinski definition) is 5. The fraction of sp³-hybridized carbons (Fsp3) is 0.158. The number of phenolic OH excluding ortho intramolecular Hbond substituents is 2. The van der Waals surface area contributed by atoms with Gasteiger partial charge in [-0.1, -0.05) is 73.9 Å². The van der Waals surface area contributed by atoms with Crippen LogP contribution in [-0.4, -0.2) is 78.7 Å². The van der Waals surface area contributed by atoms with Crippen molar-refractivity contribution in [1.29, 1.82) is 0 Å². The number of rotatable bonds is 9. The fourth-order valence-corrected chi connectivity index (χ4v) is 9.32. The number of hydrogen-bond acceptors (Lipinski definition) is 12. The summed E-state index contributed by atoms with van der Waals surface area (Å²) in [5.41, 5.74) is 1.90. The van der Waals surface area contributed by atoms with E-state index in [2.05, 4.69) is 20.5 Å². The van der Waals surface area contributed by atoms with Crippen LogP contribution in [0.5, 0.6) is 11.5 Å². The van der Waals surface area contributed by atoms with Crippen molar-refractivity contribution >= 4 is 104 Å². The molecule has 1 aliphatic rings. The van der Waals surface area contributed by atoms with E-state index in [4.69, 9.17) is 0 Å². The number of nitrogens with zero attached hydrogens (tertiary/aromatic N) is 4. The maximum Gasteiger partial charge on any atom is 0.295 e. The topological polar surface area (TPSA) is 253 Å². The van der Waals surface area contributed by atoms with E-state index < -0.39 is 50.8 Å². The third-order valence-corrected chi connectivity index (χ3v) is 12.5. The first kappa shape index (κ1) is 42.0. The Balaban J connectivity index is 0.00000549. The molecule has 0 atom stereocenters. The molecule has 1 fully saturated rings. The number of fused-ring (bicyclic) bond motifs is 2. The minimum Gasteiger partial charge on any atom is -0.506 e. The summed E-state index contributed by atoms with van der Waals surface area (Å²) >= 11 is 0. The Bertz CT molecular complexity index is 2940. The van der Waals surface area contributed by atoms with Crippen LogP contribution in [0.25, 0.3) is 21.5 Å². The van der Waals surface area contributed by atoms with Gasteiger partial charge in [-0.2, -0.15) is 35.5 Å². The Hall–Kier alpha value is -4.63. The summed E-state index contributed by atoms with van der Waals surface area (Å²) in [7, 11) is -14.5. The van der Waals surface area contributed by atoms with Crippen LogP contribution in [0.3, 0.4) is 0 Å². The molecule has 5 N–H and O–H groups in total. The van der Waals surface area contributed by atoms with Crippen LogP contribution < -0.4 is 0 Å². The molecule has 1 aliphatic carbocycles. The number of benzene rings is 6. The van der Waals surface area contributed by atoms with Crippen LogP contribution in [0, 0.1) is 0 Å². The third-order valence-electron chi connectivity index (χ3n) is 9.90. The normalized spacial score (nSPS) is 15.0. The first-order valence-corrected chi connectivity index (χ1v) is 21.3. The molecule has 6 aromatic rings. The fourth-order valence-electron chi connectivity index (χ4n) is 7.24. The van der Waals surface area contributed by atoms with Crippen LogP contribution in [-0.2, 0) is 35.8 Å². The molecule has 0 aliphatic heterocycles. The number of azo groups is 2. The zero-order chi connectivity index (χ0) is 40.0. The van der Waals surface area contributed by atoms with Gasteiger partial charge < -0.3 is 10.2 Å². The molecule has 15 nitrogen and oxygen atoms in total. The first-order valence-electron chi connectivity index (χ1n) is 17.0. The molecule has 0 saturated heterocycles. The quantitative estimate of drug-likeness (QED) is 0.0522. The zero-order valence-electron chi connectivity index (χ0n) is 30.0. The van der Waals surface area contributed by atoms with Gasteiger partial charge in [0.2, 0.25) is 0 Å². The maximum absolute atomic E-state index is 12.3. The maximum atomic E-state index is 12.3. The summed E-state index contributed by atoms with van der Waals surface area (Å²) in [5, 5.41) is 38.0. The summed E-state index contributed by atoms with van der Waals surface area (Å²) in [5.74, 6) is -0.785. The second-order valence-electron chi connectivity index (χ2n) is 13.3. The summed E-state index contributed by atoms with van der Waals surface area (Å²) in [6.45, 7) is 0. The molecular weight excluding hydrogens is 808 g/mol. The van der Waals surface area contributed by atoms with Crippen molar-refractivity contribution in [2.45, 2.75) is 52.2 Å². The van der Waals surface area contributed by atoms with Crippen molar-refractivity contribution in [2.24, 2.45) is 20.5 Å². The smallest absolute Gasteiger partial charge is 0.295 e. The molecule has 0 aromatic heterocycles. The molecule has 0 heterocycles. The molecule has 0 bridgehead atoms. The molecule has 289 valence electrons. The molecule has 0 unspecified atom stereocenters. The molecule has 0 spiro atoms. The molecule has 7 rings (SSSR count). The molecular formula is C38H32N4NaO11S3. The van der Waals surface area contributed by atoms with Gasteiger partial charge in [-0.3, -0.25) is 13.7 Å². The van der Waals surface area contributed by atoms with Gasteiger partial charge in [0.05, 0.1) is 16.3 Å². The Labute approximate surface area is 349 Å². The van der Waals surface area contributed by atoms with Gasteiger partial charge in [-0.05, 0) is 77.9 Å². The Morgan fingerprint density at radius 1 is 0.544 bits per heavy atom. The van der Waals surface area contributed by atoms with Crippen molar-refractivity contribution in [3.05, 3.63) is 114 Å². The Kier molecular flexibility index (Phi) is 11.8. The number of phenols is 2. The SMILES string of the molecule is O=S(=O)(O)c1cc(S(=O)(=O)O)c2c(N=Nc3ccc(C4(c5ccc(N=Nc6cc(S(=O)(=O)O)c7ccccc7c6O)cc5)CCCCC4)cc3)c(O)ccc2c1.[Na]. The molecule has 6 aromatic carbocycles. The van der Waals surface area contributed by atoms with E-state index in [-0.39, 0.29) is 73.6 Å².